The third kappa shape index (κ3) is 3.29. The van der Waals surface area contributed by atoms with Crippen LogP contribution in [-0.2, 0) is 16.6 Å². The summed E-state index contributed by atoms with van der Waals surface area (Å²) in [6, 6.07) is 0.395. The van der Waals surface area contributed by atoms with E-state index in [0.717, 1.165) is 45.3 Å². The van der Waals surface area contributed by atoms with E-state index in [1.54, 1.807) is 17.1 Å². The van der Waals surface area contributed by atoms with Crippen LogP contribution in [0.25, 0.3) is 0 Å². The van der Waals surface area contributed by atoms with E-state index in [2.05, 4.69) is 9.88 Å². The van der Waals surface area contributed by atoms with Gasteiger partial charge in [0.25, 0.3) is 5.91 Å². The van der Waals surface area contributed by atoms with Crippen molar-refractivity contribution in [1.82, 2.24) is 19.4 Å². The van der Waals surface area contributed by atoms with Crippen molar-refractivity contribution < 1.29 is 14.3 Å². The molecule has 2 aliphatic heterocycles. The molecule has 0 aromatic carbocycles. The predicted molar refractivity (Wildman–Crippen MR) is 90.9 cm³/mol. The van der Waals surface area contributed by atoms with Gasteiger partial charge in [-0.3, -0.25) is 9.59 Å². The first-order valence-corrected chi connectivity index (χ1v) is 9.30. The molecule has 25 heavy (non-hydrogen) atoms. The van der Waals surface area contributed by atoms with E-state index in [1.165, 1.54) is 0 Å². The van der Waals surface area contributed by atoms with Crippen molar-refractivity contribution in [1.29, 1.82) is 0 Å². The molecule has 0 radical (unpaired) electrons. The highest BCUT2D eigenvalue weighted by atomic mass is 16.5. The molecule has 1 aromatic rings. The number of nitrogens with zero attached hydrogens (tertiary/aromatic N) is 4. The average molecular weight is 346 g/mol. The maximum Gasteiger partial charge on any atom is 0.272 e. The zero-order chi connectivity index (χ0) is 17.4. The summed E-state index contributed by atoms with van der Waals surface area (Å²) in [5, 5.41) is 0. The molecular formula is C18H26N4O3. The smallest absolute Gasteiger partial charge is 0.272 e. The molecule has 4 rings (SSSR count). The van der Waals surface area contributed by atoms with Gasteiger partial charge in [-0.25, -0.2) is 4.98 Å². The van der Waals surface area contributed by atoms with Crippen molar-refractivity contribution >= 4 is 11.8 Å². The molecule has 0 bridgehead atoms. The van der Waals surface area contributed by atoms with Crippen LogP contribution in [0.2, 0.25) is 0 Å². The van der Waals surface area contributed by atoms with E-state index < -0.39 is 0 Å². The van der Waals surface area contributed by atoms with E-state index in [9.17, 15) is 9.59 Å². The molecule has 136 valence electrons. The van der Waals surface area contributed by atoms with E-state index in [4.69, 9.17) is 4.74 Å². The van der Waals surface area contributed by atoms with Crippen LogP contribution < -0.4 is 0 Å². The number of imidazole rings is 1. The number of rotatable bonds is 4. The highest BCUT2D eigenvalue weighted by molar-refractivity contribution is 5.92. The largest absolute Gasteiger partial charge is 0.381 e. The molecule has 0 N–H and O–H groups in total. The van der Waals surface area contributed by atoms with Crippen molar-refractivity contribution in [2.24, 2.45) is 13.0 Å². The zero-order valence-electron chi connectivity index (χ0n) is 14.8. The van der Waals surface area contributed by atoms with Crippen LogP contribution in [-0.4, -0.2) is 69.6 Å². The Morgan fingerprint density at radius 2 is 1.92 bits per heavy atom. The minimum absolute atomic E-state index is 0.00768. The van der Waals surface area contributed by atoms with Crippen molar-refractivity contribution in [3.8, 4) is 0 Å². The fourth-order valence-electron chi connectivity index (χ4n) is 4.04. The highest BCUT2D eigenvalue weighted by Crippen LogP contribution is 2.35. The third-order valence-corrected chi connectivity index (χ3v) is 5.65. The second-order valence-electron chi connectivity index (χ2n) is 7.45. The van der Waals surface area contributed by atoms with Crippen LogP contribution in [0.15, 0.2) is 12.5 Å². The Morgan fingerprint density at radius 1 is 1.16 bits per heavy atom. The molecule has 0 spiro atoms. The fraction of sp³-hybridized carbons (Fsp3) is 0.722. The molecule has 1 unspecified atom stereocenters. The number of amides is 2. The van der Waals surface area contributed by atoms with Gasteiger partial charge >= 0.3 is 0 Å². The third-order valence-electron chi connectivity index (χ3n) is 5.65. The maximum atomic E-state index is 12.9. The lowest BCUT2D eigenvalue weighted by molar-refractivity contribution is -0.139. The molecule has 7 heteroatoms. The van der Waals surface area contributed by atoms with E-state index in [1.807, 2.05) is 11.9 Å². The summed E-state index contributed by atoms with van der Waals surface area (Å²) in [7, 11) is 1.83. The lowest BCUT2D eigenvalue weighted by Crippen LogP contribution is -2.51. The Hall–Kier alpha value is -1.89. The van der Waals surface area contributed by atoms with E-state index in [-0.39, 0.29) is 23.9 Å². The van der Waals surface area contributed by atoms with Gasteiger partial charge in [0.1, 0.15) is 5.69 Å². The lowest BCUT2D eigenvalue weighted by Gasteiger charge is -2.38. The second-order valence-corrected chi connectivity index (χ2v) is 7.45. The van der Waals surface area contributed by atoms with E-state index >= 15 is 0 Å². The molecule has 1 aliphatic carbocycles. The molecule has 7 nitrogen and oxygen atoms in total. The van der Waals surface area contributed by atoms with Crippen molar-refractivity contribution in [2.75, 3.05) is 26.3 Å². The van der Waals surface area contributed by atoms with Gasteiger partial charge in [-0.05, 0) is 32.1 Å². The molecule has 2 saturated heterocycles. The number of aryl methyl sites for hydroxylation is 1. The minimum atomic E-state index is 0.00768. The number of carbonyl (C=O) groups is 2. The van der Waals surface area contributed by atoms with Crippen LogP contribution in [0.4, 0.5) is 0 Å². The molecule has 3 aliphatic rings. The molecule has 3 heterocycles. The number of hydrogen-bond donors (Lipinski definition) is 0. The summed E-state index contributed by atoms with van der Waals surface area (Å²) < 4.78 is 7.23. The van der Waals surface area contributed by atoms with Gasteiger partial charge < -0.3 is 19.1 Å². The zero-order valence-corrected chi connectivity index (χ0v) is 14.8. The van der Waals surface area contributed by atoms with Crippen LogP contribution in [0.1, 0.15) is 42.6 Å². The van der Waals surface area contributed by atoms with Gasteiger partial charge in [-0.15, -0.1) is 0 Å². The minimum Gasteiger partial charge on any atom is -0.381 e. The number of likely N-dealkylation sites (tertiary alicyclic amines) is 1. The van der Waals surface area contributed by atoms with Gasteiger partial charge in [0.15, 0.2) is 0 Å². The highest BCUT2D eigenvalue weighted by Gasteiger charge is 2.42. The SMILES string of the molecule is Cn1cncc1C(=O)N1CCC(N(C(=O)C2CC2)C2CCOCC2)C1. The summed E-state index contributed by atoms with van der Waals surface area (Å²) in [6.45, 7) is 2.78. The number of carbonyl (C=O) groups excluding carboxylic acids is 2. The summed E-state index contributed by atoms with van der Waals surface area (Å²) in [4.78, 5) is 33.7. The average Bonchev–Trinajstić information content (AvgIpc) is 3.22. The molecule has 1 saturated carbocycles. The second kappa shape index (κ2) is 6.78. The summed E-state index contributed by atoms with van der Waals surface area (Å²) in [6.07, 6.45) is 7.97. The Labute approximate surface area is 147 Å². The first-order valence-electron chi connectivity index (χ1n) is 9.30. The standard InChI is InChI=1S/C18H26N4O3/c1-20-12-19-10-16(20)18(24)21-7-4-15(11-21)22(17(23)13-2-3-13)14-5-8-25-9-6-14/h10,12-15H,2-9,11H2,1H3. The Morgan fingerprint density at radius 3 is 2.56 bits per heavy atom. The van der Waals surface area contributed by atoms with Gasteiger partial charge in [0.2, 0.25) is 5.91 Å². The van der Waals surface area contributed by atoms with E-state index in [0.29, 0.717) is 24.7 Å². The van der Waals surface area contributed by atoms with Gasteiger partial charge in [0.05, 0.1) is 18.6 Å². The molecule has 3 fully saturated rings. The first kappa shape index (κ1) is 16.6. The Bertz CT molecular complexity index is 649. The first-order chi connectivity index (χ1) is 12.1. The summed E-state index contributed by atoms with van der Waals surface area (Å²) >= 11 is 0. The normalized spacial score (nSPS) is 24.5. The quantitative estimate of drug-likeness (QED) is 0.817. The molecule has 2 amide bonds. The Balaban J connectivity index is 1.48. The predicted octanol–water partition coefficient (Wildman–Crippen LogP) is 1.05. The molecule has 1 aromatic heterocycles. The number of aromatic nitrogens is 2. The summed E-state index contributed by atoms with van der Waals surface area (Å²) in [5.74, 6) is 0.518. The molecule has 1 atom stereocenters. The van der Waals surface area contributed by atoms with Crippen LogP contribution in [0, 0.1) is 5.92 Å². The topological polar surface area (TPSA) is 67.7 Å². The Kier molecular flexibility index (Phi) is 4.50. The number of hydrogen-bond acceptors (Lipinski definition) is 4. The van der Waals surface area contributed by atoms with Gasteiger partial charge in [-0.2, -0.15) is 0 Å². The van der Waals surface area contributed by atoms with Gasteiger partial charge in [-0.1, -0.05) is 0 Å². The van der Waals surface area contributed by atoms with Gasteiger partial charge in [0, 0.05) is 45.3 Å². The van der Waals surface area contributed by atoms with Crippen molar-refractivity contribution in [3.63, 3.8) is 0 Å². The van der Waals surface area contributed by atoms with Crippen molar-refractivity contribution in [3.05, 3.63) is 18.2 Å². The van der Waals surface area contributed by atoms with Crippen LogP contribution >= 0.6 is 0 Å². The molecular weight excluding hydrogens is 320 g/mol. The fourth-order valence-corrected chi connectivity index (χ4v) is 4.04. The monoisotopic (exact) mass is 346 g/mol. The van der Waals surface area contributed by atoms with Crippen LogP contribution in [0.5, 0.6) is 0 Å². The maximum absolute atomic E-state index is 12.9. The van der Waals surface area contributed by atoms with Crippen LogP contribution in [0.3, 0.4) is 0 Å². The number of ether oxygens (including phenoxy) is 1. The lowest BCUT2D eigenvalue weighted by atomic mass is 10.0. The summed E-state index contributed by atoms with van der Waals surface area (Å²) in [5.41, 5.74) is 0.604. The van der Waals surface area contributed by atoms with Crippen molar-refractivity contribution in [2.45, 2.75) is 44.2 Å².